The molecule has 1 aromatic heterocycles. The molecule has 0 aliphatic rings. The van der Waals surface area contributed by atoms with Crippen LogP contribution >= 0.6 is 27.3 Å². The minimum atomic E-state index is -0.432. The molecule has 0 saturated heterocycles. The molecule has 0 saturated carbocycles. The largest absolute Gasteiger partial charge is 0.325 e. The van der Waals surface area contributed by atoms with Crippen molar-refractivity contribution >= 4 is 33.0 Å². The van der Waals surface area contributed by atoms with Crippen LogP contribution in [0.15, 0.2) is 15.2 Å². The van der Waals surface area contributed by atoms with E-state index in [-0.39, 0.29) is 5.78 Å². The van der Waals surface area contributed by atoms with Gasteiger partial charge in [-0.3, -0.25) is 4.79 Å². The lowest BCUT2D eigenvalue weighted by molar-refractivity contribution is 0.0960. The summed E-state index contributed by atoms with van der Waals surface area (Å²) in [5.41, 5.74) is 6.07. The molecular formula is C9H12BrNOS. The van der Waals surface area contributed by atoms with E-state index in [0.717, 1.165) is 10.0 Å². The monoisotopic (exact) mass is 261 g/mol. The Labute approximate surface area is 90.3 Å². The molecule has 1 aromatic rings. The fraction of sp³-hybridized carbons (Fsp3) is 0.444. The number of halogens is 1. The van der Waals surface area contributed by atoms with Gasteiger partial charge in [-0.25, -0.2) is 0 Å². The first kappa shape index (κ1) is 10.9. The van der Waals surface area contributed by atoms with E-state index in [4.69, 9.17) is 5.73 Å². The molecule has 0 amide bonds. The van der Waals surface area contributed by atoms with Crippen LogP contribution in [0.5, 0.6) is 0 Å². The minimum absolute atomic E-state index is 0.0978. The average Bonchev–Trinajstić information content (AvgIpc) is 2.30. The molecule has 0 aliphatic carbocycles. The van der Waals surface area contributed by atoms with Crippen LogP contribution in [0.25, 0.3) is 0 Å². The third kappa shape index (κ3) is 3.21. The second kappa shape index (κ2) is 3.90. The molecule has 1 rings (SSSR count). The topological polar surface area (TPSA) is 43.1 Å². The molecule has 0 unspecified atom stereocenters. The minimum Gasteiger partial charge on any atom is -0.325 e. The van der Waals surface area contributed by atoms with E-state index in [1.807, 2.05) is 24.6 Å². The molecule has 1 heterocycles. The summed E-state index contributed by atoms with van der Waals surface area (Å²) in [7, 11) is 0. The van der Waals surface area contributed by atoms with Gasteiger partial charge in [-0.15, -0.1) is 0 Å². The molecule has 0 fully saturated rings. The zero-order chi connectivity index (χ0) is 10.1. The Morgan fingerprint density at radius 3 is 2.62 bits per heavy atom. The summed E-state index contributed by atoms with van der Waals surface area (Å²) in [6, 6.07) is 0. The lowest BCUT2D eigenvalue weighted by Gasteiger charge is -2.16. The van der Waals surface area contributed by atoms with Crippen LogP contribution in [0.1, 0.15) is 30.6 Å². The second-order valence-electron chi connectivity index (χ2n) is 3.72. The van der Waals surface area contributed by atoms with Gasteiger partial charge < -0.3 is 5.73 Å². The van der Waals surface area contributed by atoms with Gasteiger partial charge in [0.15, 0.2) is 5.78 Å². The van der Waals surface area contributed by atoms with Crippen molar-refractivity contribution in [1.29, 1.82) is 0 Å². The normalized spacial score (nSPS) is 11.7. The Kier molecular flexibility index (Phi) is 3.27. The van der Waals surface area contributed by atoms with Crippen molar-refractivity contribution in [1.82, 2.24) is 0 Å². The number of hydrogen-bond donors (Lipinski definition) is 1. The van der Waals surface area contributed by atoms with Crippen molar-refractivity contribution in [2.45, 2.75) is 25.8 Å². The Bertz CT molecular complexity index is 314. The van der Waals surface area contributed by atoms with Crippen molar-refractivity contribution in [3.05, 3.63) is 20.8 Å². The van der Waals surface area contributed by atoms with Gasteiger partial charge in [-0.2, -0.15) is 11.3 Å². The van der Waals surface area contributed by atoms with Crippen LogP contribution in [-0.2, 0) is 0 Å². The number of rotatable bonds is 3. The van der Waals surface area contributed by atoms with E-state index in [2.05, 4.69) is 15.9 Å². The Morgan fingerprint density at radius 2 is 2.23 bits per heavy atom. The highest BCUT2D eigenvalue weighted by molar-refractivity contribution is 9.10. The Hall–Kier alpha value is -0.190. The van der Waals surface area contributed by atoms with E-state index < -0.39 is 5.54 Å². The third-order valence-corrected chi connectivity index (χ3v) is 3.23. The molecule has 0 aliphatic heterocycles. The van der Waals surface area contributed by atoms with Crippen LogP contribution in [0.4, 0.5) is 0 Å². The lowest BCUT2D eigenvalue weighted by atomic mass is 9.97. The summed E-state index contributed by atoms with van der Waals surface area (Å²) < 4.78 is 0.867. The van der Waals surface area contributed by atoms with Crippen LogP contribution in [0, 0.1) is 0 Å². The zero-order valence-corrected chi connectivity index (χ0v) is 10.0. The molecule has 13 heavy (non-hydrogen) atoms. The van der Waals surface area contributed by atoms with E-state index in [0.29, 0.717) is 6.42 Å². The molecule has 0 spiro atoms. The number of hydrogen-bond acceptors (Lipinski definition) is 3. The van der Waals surface area contributed by atoms with E-state index in [9.17, 15) is 4.79 Å². The number of carbonyl (C=O) groups excluding carboxylic acids is 1. The molecule has 0 atom stereocenters. The quantitative estimate of drug-likeness (QED) is 0.851. The smallest absolute Gasteiger partial charge is 0.166 e. The molecule has 72 valence electrons. The number of nitrogens with two attached hydrogens (primary N) is 1. The summed E-state index contributed by atoms with van der Waals surface area (Å²) in [6.07, 6.45) is 0.377. The highest BCUT2D eigenvalue weighted by Gasteiger charge is 2.19. The van der Waals surface area contributed by atoms with Gasteiger partial charge in [0.05, 0.1) is 0 Å². The van der Waals surface area contributed by atoms with Gasteiger partial charge >= 0.3 is 0 Å². The summed E-state index contributed by atoms with van der Waals surface area (Å²) in [5.74, 6) is 0.0978. The summed E-state index contributed by atoms with van der Waals surface area (Å²) in [6.45, 7) is 3.70. The first-order valence-electron chi connectivity index (χ1n) is 3.94. The predicted octanol–water partition coefficient (Wildman–Crippen LogP) is 2.82. The van der Waals surface area contributed by atoms with Crippen molar-refractivity contribution in [2.75, 3.05) is 0 Å². The molecule has 0 bridgehead atoms. The summed E-state index contributed by atoms with van der Waals surface area (Å²) in [4.78, 5) is 11.6. The number of Topliss-reactive ketones (excluding diaryl/α,β-unsaturated/α-hetero) is 1. The first-order valence-corrected chi connectivity index (χ1v) is 5.67. The Morgan fingerprint density at radius 1 is 1.62 bits per heavy atom. The van der Waals surface area contributed by atoms with Gasteiger partial charge in [0.1, 0.15) is 0 Å². The molecule has 0 radical (unpaired) electrons. The third-order valence-electron chi connectivity index (χ3n) is 1.53. The second-order valence-corrected chi connectivity index (χ2v) is 5.32. The fourth-order valence-electron chi connectivity index (χ4n) is 0.990. The van der Waals surface area contributed by atoms with Gasteiger partial charge in [-0.05, 0) is 29.8 Å². The standard InChI is InChI=1S/C9H12BrNOS/c1-9(2,11)3-8(12)6-4-13-5-7(6)10/h4-5H,3,11H2,1-2H3. The fourth-order valence-corrected chi connectivity index (χ4v) is 2.51. The van der Waals surface area contributed by atoms with E-state index in [1.54, 1.807) is 0 Å². The Balaban J connectivity index is 2.76. The molecule has 0 aromatic carbocycles. The van der Waals surface area contributed by atoms with Crippen molar-refractivity contribution < 1.29 is 4.79 Å². The van der Waals surface area contributed by atoms with Crippen LogP contribution in [0.2, 0.25) is 0 Å². The maximum atomic E-state index is 11.6. The maximum absolute atomic E-state index is 11.6. The zero-order valence-electron chi connectivity index (χ0n) is 7.63. The van der Waals surface area contributed by atoms with E-state index in [1.165, 1.54) is 11.3 Å². The molecule has 2 nitrogen and oxygen atoms in total. The van der Waals surface area contributed by atoms with Crippen molar-refractivity contribution in [3.8, 4) is 0 Å². The van der Waals surface area contributed by atoms with Crippen LogP contribution in [-0.4, -0.2) is 11.3 Å². The number of thiophene rings is 1. The summed E-state index contributed by atoms with van der Waals surface area (Å²) in [5, 5.41) is 3.74. The van der Waals surface area contributed by atoms with Crippen molar-refractivity contribution in [3.63, 3.8) is 0 Å². The lowest BCUT2D eigenvalue weighted by Crippen LogP contribution is -2.34. The molecular weight excluding hydrogens is 250 g/mol. The van der Waals surface area contributed by atoms with Crippen molar-refractivity contribution in [2.24, 2.45) is 5.73 Å². The molecule has 4 heteroatoms. The maximum Gasteiger partial charge on any atom is 0.166 e. The van der Waals surface area contributed by atoms with Crippen LogP contribution in [0.3, 0.4) is 0 Å². The van der Waals surface area contributed by atoms with Crippen LogP contribution < -0.4 is 5.73 Å². The number of carbonyl (C=O) groups is 1. The number of ketones is 1. The van der Waals surface area contributed by atoms with Gasteiger partial charge in [-0.1, -0.05) is 0 Å². The van der Waals surface area contributed by atoms with Gasteiger partial charge in [0.2, 0.25) is 0 Å². The van der Waals surface area contributed by atoms with E-state index >= 15 is 0 Å². The highest BCUT2D eigenvalue weighted by Crippen LogP contribution is 2.24. The molecule has 2 N–H and O–H groups in total. The highest BCUT2D eigenvalue weighted by atomic mass is 79.9. The predicted molar refractivity (Wildman–Crippen MR) is 59.2 cm³/mol. The van der Waals surface area contributed by atoms with Gasteiger partial charge in [0, 0.05) is 32.8 Å². The van der Waals surface area contributed by atoms with Gasteiger partial charge in [0.25, 0.3) is 0 Å². The first-order chi connectivity index (χ1) is 5.90. The average molecular weight is 262 g/mol. The summed E-state index contributed by atoms with van der Waals surface area (Å²) >= 11 is 4.84. The SMILES string of the molecule is CC(C)(N)CC(=O)c1cscc1Br.